The molecule has 8 heteroatoms. The lowest BCUT2D eigenvalue weighted by atomic mass is 9.96. The van der Waals surface area contributed by atoms with Crippen molar-refractivity contribution in [1.29, 1.82) is 10.5 Å². The molecule has 29 heavy (non-hydrogen) atoms. The molecule has 0 saturated heterocycles. The Morgan fingerprint density at radius 2 is 1.83 bits per heavy atom. The van der Waals surface area contributed by atoms with Crippen LogP contribution in [0.4, 0.5) is 5.82 Å². The highest BCUT2D eigenvalue weighted by Crippen LogP contribution is 2.38. The zero-order chi connectivity index (χ0) is 21.0. The van der Waals surface area contributed by atoms with E-state index in [4.69, 9.17) is 5.73 Å². The Bertz CT molecular complexity index is 1180. The van der Waals surface area contributed by atoms with Crippen molar-refractivity contribution in [3.05, 3.63) is 65.2 Å². The second-order valence-electron chi connectivity index (χ2n) is 5.82. The SMILES string of the molecule is COC(=O)c1ccc(-c2c(C#N)c(N)nc(Sc3cccc(O)c3)c2C#N)cc1. The number of rotatable bonds is 4. The van der Waals surface area contributed by atoms with Crippen LogP contribution in [0.3, 0.4) is 0 Å². The molecule has 0 aliphatic rings. The predicted octanol–water partition coefficient (Wildman–Crippen LogP) is 3.72. The maximum absolute atomic E-state index is 11.7. The van der Waals surface area contributed by atoms with E-state index in [1.807, 2.05) is 6.07 Å². The molecule has 0 saturated carbocycles. The Morgan fingerprint density at radius 1 is 1.14 bits per heavy atom. The molecule has 0 fully saturated rings. The monoisotopic (exact) mass is 402 g/mol. The average Bonchev–Trinajstić information content (AvgIpc) is 2.73. The Labute approximate surface area is 171 Å². The molecule has 0 unspecified atom stereocenters. The van der Waals surface area contributed by atoms with E-state index in [9.17, 15) is 20.4 Å². The number of ether oxygens (including phenoxy) is 1. The lowest BCUT2D eigenvalue weighted by molar-refractivity contribution is 0.0600. The van der Waals surface area contributed by atoms with Crippen LogP contribution >= 0.6 is 11.8 Å². The number of hydrogen-bond donors (Lipinski definition) is 2. The predicted molar refractivity (Wildman–Crippen MR) is 107 cm³/mol. The largest absolute Gasteiger partial charge is 0.508 e. The van der Waals surface area contributed by atoms with Crippen LogP contribution in [-0.2, 0) is 4.74 Å². The third kappa shape index (κ3) is 3.98. The first kappa shape index (κ1) is 19.7. The molecular formula is C21H14N4O3S. The van der Waals surface area contributed by atoms with Gasteiger partial charge in [-0.2, -0.15) is 10.5 Å². The van der Waals surface area contributed by atoms with E-state index in [1.54, 1.807) is 36.4 Å². The second kappa shape index (κ2) is 8.34. The summed E-state index contributed by atoms with van der Waals surface area (Å²) in [6.45, 7) is 0. The van der Waals surface area contributed by atoms with E-state index in [0.717, 1.165) is 11.8 Å². The number of pyridine rings is 1. The number of nitrogens with zero attached hydrogens (tertiary/aromatic N) is 3. The van der Waals surface area contributed by atoms with Crippen molar-refractivity contribution < 1.29 is 14.6 Å². The van der Waals surface area contributed by atoms with Crippen LogP contribution in [0.25, 0.3) is 11.1 Å². The summed E-state index contributed by atoms with van der Waals surface area (Å²) in [4.78, 5) is 16.5. The number of anilines is 1. The number of carbonyl (C=O) groups is 1. The van der Waals surface area contributed by atoms with Gasteiger partial charge in [0.1, 0.15) is 34.3 Å². The number of phenols is 1. The van der Waals surface area contributed by atoms with Gasteiger partial charge in [-0.05, 0) is 35.9 Å². The first-order valence-electron chi connectivity index (χ1n) is 8.27. The Hall–Kier alpha value is -4.01. The first-order valence-corrected chi connectivity index (χ1v) is 9.09. The number of benzene rings is 2. The summed E-state index contributed by atoms with van der Waals surface area (Å²) in [5, 5.41) is 29.4. The van der Waals surface area contributed by atoms with Crippen LogP contribution in [-0.4, -0.2) is 23.2 Å². The number of hydrogen-bond acceptors (Lipinski definition) is 8. The molecule has 0 spiro atoms. The fourth-order valence-corrected chi connectivity index (χ4v) is 3.65. The van der Waals surface area contributed by atoms with Gasteiger partial charge in [0.2, 0.25) is 0 Å². The van der Waals surface area contributed by atoms with E-state index in [-0.39, 0.29) is 22.7 Å². The number of esters is 1. The minimum absolute atomic E-state index is 0.0128. The molecule has 0 bridgehead atoms. The van der Waals surface area contributed by atoms with E-state index in [2.05, 4.69) is 15.8 Å². The molecule has 7 nitrogen and oxygen atoms in total. The zero-order valence-corrected chi connectivity index (χ0v) is 16.0. The van der Waals surface area contributed by atoms with Crippen LogP contribution in [0, 0.1) is 22.7 Å². The standard InChI is InChI=1S/C21H14N4O3S/c1-28-21(27)13-7-5-12(6-8-13)18-16(10-22)19(24)25-20(17(18)11-23)29-15-4-2-3-14(26)9-15/h2-9,26H,1H3,(H2,24,25). The minimum Gasteiger partial charge on any atom is -0.508 e. The fraction of sp³-hybridized carbons (Fsp3) is 0.0476. The molecule has 2 aromatic carbocycles. The van der Waals surface area contributed by atoms with Crippen LogP contribution in [0.15, 0.2) is 58.5 Å². The van der Waals surface area contributed by atoms with Crippen molar-refractivity contribution in [2.75, 3.05) is 12.8 Å². The molecule has 1 heterocycles. The van der Waals surface area contributed by atoms with Gasteiger partial charge in [-0.15, -0.1) is 0 Å². The van der Waals surface area contributed by atoms with Crippen molar-refractivity contribution in [2.45, 2.75) is 9.92 Å². The molecule has 0 aliphatic heterocycles. The highest BCUT2D eigenvalue weighted by atomic mass is 32.2. The summed E-state index contributed by atoms with van der Waals surface area (Å²) in [7, 11) is 1.28. The topological polar surface area (TPSA) is 133 Å². The smallest absolute Gasteiger partial charge is 0.337 e. The van der Waals surface area contributed by atoms with Crippen LogP contribution in [0.1, 0.15) is 21.5 Å². The van der Waals surface area contributed by atoms with Gasteiger partial charge in [0.25, 0.3) is 0 Å². The number of methoxy groups -OCH3 is 1. The van der Waals surface area contributed by atoms with Crippen LogP contribution < -0.4 is 5.73 Å². The van der Waals surface area contributed by atoms with Crippen LogP contribution in [0.5, 0.6) is 5.75 Å². The normalized spacial score (nSPS) is 10.0. The number of phenolic OH excluding ortho intramolecular Hbond substituents is 1. The maximum Gasteiger partial charge on any atom is 0.337 e. The Kier molecular flexibility index (Phi) is 5.68. The maximum atomic E-state index is 11.7. The summed E-state index contributed by atoms with van der Waals surface area (Å²) in [6, 6.07) is 16.9. The van der Waals surface area contributed by atoms with Gasteiger partial charge < -0.3 is 15.6 Å². The molecule has 3 aromatic rings. The Morgan fingerprint density at radius 3 is 2.41 bits per heavy atom. The van der Waals surface area contributed by atoms with Crippen molar-refractivity contribution >= 4 is 23.5 Å². The third-order valence-electron chi connectivity index (χ3n) is 4.04. The van der Waals surface area contributed by atoms with E-state index in [1.165, 1.54) is 19.2 Å². The van der Waals surface area contributed by atoms with E-state index in [0.29, 0.717) is 26.6 Å². The molecule has 0 radical (unpaired) electrons. The van der Waals surface area contributed by atoms with Gasteiger partial charge in [-0.25, -0.2) is 9.78 Å². The van der Waals surface area contributed by atoms with Gasteiger partial charge >= 0.3 is 5.97 Å². The van der Waals surface area contributed by atoms with Crippen molar-refractivity contribution in [3.8, 4) is 29.0 Å². The van der Waals surface area contributed by atoms with Crippen molar-refractivity contribution in [3.63, 3.8) is 0 Å². The number of nitrogen functional groups attached to an aromatic ring is 1. The molecular weight excluding hydrogens is 388 g/mol. The third-order valence-corrected chi connectivity index (χ3v) is 5.02. The van der Waals surface area contributed by atoms with Gasteiger partial charge in [0, 0.05) is 10.5 Å². The molecule has 1 aromatic heterocycles. The summed E-state index contributed by atoms with van der Waals surface area (Å²) >= 11 is 1.15. The van der Waals surface area contributed by atoms with Gasteiger partial charge in [-0.3, -0.25) is 0 Å². The molecule has 142 valence electrons. The quantitative estimate of drug-likeness (QED) is 0.631. The molecule has 0 aliphatic carbocycles. The molecule has 3 N–H and O–H groups in total. The highest BCUT2D eigenvalue weighted by Gasteiger charge is 2.21. The van der Waals surface area contributed by atoms with Gasteiger partial charge in [0.05, 0.1) is 18.2 Å². The van der Waals surface area contributed by atoms with Gasteiger partial charge in [0.15, 0.2) is 0 Å². The number of carbonyl (C=O) groups excluding carboxylic acids is 1. The van der Waals surface area contributed by atoms with Crippen LogP contribution in [0.2, 0.25) is 0 Å². The lowest BCUT2D eigenvalue weighted by Crippen LogP contribution is -2.04. The lowest BCUT2D eigenvalue weighted by Gasteiger charge is -2.13. The average molecular weight is 402 g/mol. The summed E-state index contributed by atoms with van der Waals surface area (Å²) in [6.07, 6.45) is 0. The molecule has 3 rings (SSSR count). The van der Waals surface area contributed by atoms with E-state index >= 15 is 0 Å². The molecule has 0 atom stereocenters. The number of nitrogens with two attached hydrogens (primary N) is 1. The second-order valence-corrected chi connectivity index (χ2v) is 6.88. The van der Waals surface area contributed by atoms with Crippen molar-refractivity contribution in [2.24, 2.45) is 0 Å². The fourth-order valence-electron chi connectivity index (χ4n) is 2.71. The summed E-state index contributed by atoms with van der Waals surface area (Å²) in [5.41, 5.74) is 7.46. The number of nitriles is 2. The highest BCUT2D eigenvalue weighted by molar-refractivity contribution is 7.99. The van der Waals surface area contributed by atoms with Gasteiger partial charge in [-0.1, -0.05) is 30.0 Å². The number of aromatic nitrogens is 1. The van der Waals surface area contributed by atoms with E-state index < -0.39 is 5.97 Å². The first-order chi connectivity index (χ1) is 14.0. The minimum atomic E-state index is -0.494. The molecule has 0 amide bonds. The summed E-state index contributed by atoms with van der Waals surface area (Å²) < 4.78 is 4.69. The Balaban J connectivity index is 2.17. The number of aromatic hydroxyl groups is 1. The van der Waals surface area contributed by atoms with Crippen molar-refractivity contribution in [1.82, 2.24) is 4.98 Å². The summed E-state index contributed by atoms with van der Waals surface area (Å²) in [5.74, 6) is -0.429. The zero-order valence-electron chi connectivity index (χ0n) is 15.2.